The van der Waals surface area contributed by atoms with E-state index < -0.39 is 0 Å². The van der Waals surface area contributed by atoms with Gasteiger partial charge in [0.05, 0.1) is 19.8 Å². The summed E-state index contributed by atoms with van der Waals surface area (Å²) in [4.78, 5) is 27.0. The van der Waals surface area contributed by atoms with Crippen LogP contribution < -0.4 is 4.74 Å². The Morgan fingerprint density at radius 2 is 1.97 bits per heavy atom. The third kappa shape index (κ3) is 4.04. The summed E-state index contributed by atoms with van der Waals surface area (Å²) in [5, 5.41) is 0.489. The van der Waals surface area contributed by atoms with Crippen LogP contribution >= 0.6 is 11.6 Å². The van der Waals surface area contributed by atoms with Gasteiger partial charge < -0.3 is 23.7 Å². The van der Waals surface area contributed by atoms with Crippen molar-refractivity contribution in [1.82, 2.24) is 19.4 Å². The van der Waals surface area contributed by atoms with E-state index >= 15 is 0 Å². The van der Waals surface area contributed by atoms with Crippen molar-refractivity contribution in [2.24, 2.45) is 18.9 Å². The van der Waals surface area contributed by atoms with Crippen LogP contribution in [0.3, 0.4) is 0 Å². The van der Waals surface area contributed by atoms with E-state index in [-0.39, 0.29) is 29.6 Å². The van der Waals surface area contributed by atoms with Gasteiger partial charge in [-0.3, -0.25) is 0 Å². The molecule has 1 aliphatic carbocycles. The fourth-order valence-electron chi connectivity index (χ4n) is 5.20. The van der Waals surface area contributed by atoms with Crippen LogP contribution in [0, 0.1) is 18.4 Å². The number of benzene rings is 1. The number of amides is 1. The molecule has 3 fully saturated rings. The van der Waals surface area contributed by atoms with Crippen molar-refractivity contribution in [2.45, 2.75) is 31.5 Å². The average molecular weight is 508 g/mol. The summed E-state index contributed by atoms with van der Waals surface area (Å²) in [5.74, 6) is 0.515. The number of aryl methyl sites for hydroxylation is 1. The second-order valence-electron chi connectivity index (χ2n) is 10.2. The zero-order chi connectivity index (χ0) is 25.0. The van der Waals surface area contributed by atoms with Crippen molar-refractivity contribution in [3.05, 3.63) is 47.2 Å². The van der Waals surface area contributed by atoms with Crippen molar-refractivity contribution < 1.29 is 19.0 Å². The summed E-state index contributed by atoms with van der Waals surface area (Å²) in [6.07, 6.45) is 4.90. The molecule has 1 aromatic carbocycles. The van der Waals surface area contributed by atoms with Crippen LogP contribution in [0.4, 0.5) is 10.5 Å². The molecular weight excluding hydrogens is 482 g/mol. The maximum absolute atomic E-state index is 12.7. The van der Waals surface area contributed by atoms with Crippen LogP contribution in [-0.2, 0) is 16.5 Å². The van der Waals surface area contributed by atoms with Crippen LogP contribution in [0.5, 0.6) is 5.88 Å². The van der Waals surface area contributed by atoms with Crippen molar-refractivity contribution in [2.75, 3.05) is 26.3 Å². The zero-order valence-electron chi connectivity index (χ0n) is 20.1. The highest BCUT2D eigenvalue weighted by Crippen LogP contribution is 2.41. The molecule has 2 saturated heterocycles. The van der Waals surface area contributed by atoms with Gasteiger partial charge in [-0.15, -0.1) is 0 Å². The summed E-state index contributed by atoms with van der Waals surface area (Å²) in [7, 11) is 1.92. The van der Waals surface area contributed by atoms with E-state index in [9.17, 15) is 4.79 Å². The second-order valence-corrected chi connectivity index (χ2v) is 10.6. The van der Waals surface area contributed by atoms with Gasteiger partial charge in [0.25, 0.3) is 0 Å². The fourth-order valence-corrected chi connectivity index (χ4v) is 5.47. The molecule has 1 saturated carbocycles. The van der Waals surface area contributed by atoms with Crippen LogP contribution in [0.1, 0.15) is 19.8 Å². The van der Waals surface area contributed by atoms with E-state index in [0.29, 0.717) is 42.9 Å². The number of aromatic nitrogens is 3. The zero-order valence-corrected chi connectivity index (χ0v) is 20.9. The fraction of sp³-hybridized carbons (Fsp3) is 0.462. The van der Waals surface area contributed by atoms with Gasteiger partial charge in [0, 0.05) is 54.3 Å². The van der Waals surface area contributed by atoms with Gasteiger partial charge in [0.15, 0.2) is 5.69 Å². The van der Waals surface area contributed by atoms with Gasteiger partial charge in [-0.05, 0) is 25.8 Å². The first kappa shape index (κ1) is 23.1. The largest absolute Gasteiger partial charge is 0.472 e. The third-order valence-electron chi connectivity index (χ3n) is 7.39. The highest BCUT2D eigenvalue weighted by Gasteiger charge is 2.47. The number of carbonyl (C=O) groups excluding carboxylic acids is 1. The molecular formula is C26H26ClN5O4. The molecule has 4 heterocycles. The van der Waals surface area contributed by atoms with Crippen molar-refractivity contribution in [3.63, 3.8) is 0 Å². The predicted octanol–water partition coefficient (Wildman–Crippen LogP) is 4.85. The van der Waals surface area contributed by atoms with Crippen molar-refractivity contribution >= 4 is 34.4 Å². The Balaban J connectivity index is 1.28. The summed E-state index contributed by atoms with van der Waals surface area (Å²) < 4.78 is 20.0. The monoisotopic (exact) mass is 507 g/mol. The number of hydrogen-bond donors (Lipinski definition) is 0. The first-order valence-electron chi connectivity index (χ1n) is 12.0. The molecule has 0 N–H and O–H groups in total. The summed E-state index contributed by atoms with van der Waals surface area (Å²) in [5.41, 5.74) is 3.31. The van der Waals surface area contributed by atoms with E-state index in [1.54, 1.807) is 17.0 Å². The first-order valence-corrected chi connectivity index (χ1v) is 12.4. The number of ether oxygens (including phenoxy) is 3. The molecule has 10 heteroatoms. The molecule has 2 atom stereocenters. The third-order valence-corrected chi connectivity index (χ3v) is 7.70. The van der Waals surface area contributed by atoms with Gasteiger partial charge >= 0.3 is 6.09 Å². The highest BCUT2D eigenvalue weighted by molar-refractivity contribution is 6.34. The van der Waals surface area contributed by atoms with Gasteiger partial charge in [0.2, 0.25) is 5.88 Å². The number of nitrogens with zero attached hydrogens (tertiary/aromatic N) is 5. The maximum Gasteiger partial charge on any atom is 0.410 e. The van der Waals surface area contributed by atoms with Gasteiger partial charge in [-0.1, -0.05) is 23.7 Å². The number of halogens is 1. The molecule has 0 radical (unpaired) electrons. The SMILES string of the molecule is [C-]#[N+]c1ccc(-c2cn(C)c3c(OC4C5COCC4CN(C(=O)OC4(C)CC4)C5)ncnc23)c(Cl)c1. The molecule has 2 aliphatic heterocycles. The average Bonchev–Trinajstić information content (AvgIpc) is 3.48. The molecule has 2 unspecified atom stereocenters. The molecule has 2 bridgehead atoms. The van der Waals surface area contributed by atoms with Crippen LogP contribution in [-0.4, -0.2) is 63.5 Å². The Hall–Kier alpha value is -3.35. The lowest BCUT2D eigenvalue weighted by Gasteiger charge is -2.46. The molecule has 36 heavy (non-hydrogen) atoms. The van der Waals surface area contributed by atoms with Gasteiger partial charge in [-0.2, -0.15) is 4.98 Å². The topological polar surface area (TPSA) is 83.1 Å². The molecule has 3 aromatic rings. The lowest BCUT2D eigenvalue weighted by atomic mass is 9.84. The van der Waals surface area contributed by atoms with Crippen molar-refractivity contribution in [1.29, 1.82) is 0 Å². The molecule has 2 aromatic heterocycles. The number of carbonyl (C=O) groups is 1. The van der Waals surface area contributed by atoms with E-state index in [1.165, 1.54) is 6.33 Å². The Morgan fingerprint density at radius 3 is 2.64 bits per heavy atom. The minimum atomic E-state index is -0.300. The van der Waals surface area contributed by atoms with E-state index in [2.05, 4.69) is 14.8 Å². The number of likely N-dealkylation sites (tertiary alicyclic amines) is 1. The van der Waals surface area contributed by atoms with Crippen LogP contribution in [0.2, 0.25) is 5.02 Å². The molecule has 0 spiro atoms. The number of fused-ring (bicyclic) bond motifs is 3. The van der Waals surface area contributed by atoms with E-state index in [0.717, 1.165) is 35.0 Å². The molecule has 9 nitrogen and oxygen atoms in total. The Kier molecular flexibility index (Phi) is 5.54. The normalized spacial score (nSPS) is 24.3. The Bertz CT molecular complexity index is 1380. The Labute approximate surface area is 213 Å². The quantitative estimate of drug-likeness (QED) is 0.469. The minimum absolute atomic E-state index is 0.0115. The van der Waals surface area contributed by atoms with Crippen LogP contribution in [0.25, 0.3) is 27.0 Å². The van der Waals surface area contributed by atoms with Gasteiger partial charge in [0.1, 0.15) is 29.1 Å². The summed E-state index contributed by atoms with van der Waals surface area (Å²) in [6, 6.07) is 5.24. The standard InChI is InChI=1S/C26H26ClN5O4/c1-26(6-7-26)36-25(33)32-9-15-12-34-13-16(10-32)23(15)35-24-22-21(29-14-30-24)19(11-31(22)3)18-5-4-17(28-2)8-20(18)27/h4-5,8,11,14-16,23H,6-7,9-10,12-13H2,1,3H3. The van der Waals surface area contributed by atoms with E-state index in [1.807, 2.05) is 30.8 Å². The minimum Gasteiger partial charge on any atom is -0.472 e. The highest BCUT2D eigenvalue weighted by atomic mass is 35.5. The first-order chi connectivity index (χ1) is 17.3. The molecule has 186 valence electrons. The molecule has 3 aliphatic rings. The smallest absolute Gasteiger partial charge is 0.410 e. The Morgan fingerprint density at radius 1 is 1.22 bits per heavy atom. The number of hydrogen-bond acceptors (Lipinski definition) is 6. The summed E-state index contributed by atoms with van der Waals surface area (Å²) in [6.45, 7) is 11.3. The predicted molar refractivity (Wildman–Crippen MR) is 133 cm³/mol. The summed E-state index contributed by atoms with van der Waals surface area (Å²) >= 11 is 6.51. The lowest BCUT2D eigenvalue weighted by molar-refractivity contribution is -0.111. The van der Waals surface area contributed by atoms with Crippen molar-refractivity contribution in [3.8, 4) is 17.0 Å². The second kappa shape index (κ2) is 8.64. The maximum atomic E-state index is 12.7. The lowest BCUT2D eigenvalue weighted by Crippen LogP contribution is -2.59. The number of piperidine rings is 1. The molecule has 6 rings (SSSR count). The van der Waals surface area contributed by atoms with E-state index in [4.69, 9.17) is 32.4 Å². The van der Waals surface area contributed by atoms with Gasteiger partial charge in [-0.25, -0.2) is 14.6 Å². The molecule has 1 amide bonds. The van der Waals surface area contributed by atoms with Crippen LogP contribution in [0.15, 0.2) is 30.7 Å². The number of rotatable bonds is 4.